The van der Waals surface area contributed by atoms with Crippen molar-refractivity contribution >= 4 is 0 Å². The van der Waals surface area contributed by atoms with Gasteiger partial charge in [0, 0.05) is 0 Å². The minimum atomic E-state index is -0.0209. The molecule has 2 aliphatic heterocycles. The summed E-state index contributed by atoms with van der Waals surface area (Å²) in [6.45, 7) is 4.79. The summed E-state index contributed by atoms with van der Waals surface area (Å²) in [4.78, 5) is 0. The van der Waals surface area contributed by atoms with Crippen molar-refractivity contribution < 1.29 is 18.9 Å². The summed E-state index contributed by atoms with van der Waals surface area (Å²) in [5.41, 5.74) is 0. The fourth-order valence-corrected chi connectivity index (χ4v) is 3.23. The van der Waals surface area contributed by atoms with Crippen LogP contribution in [-0.2, 0) is 18.9 Å². The van der Waals surface area contributed by atoms with Crippen LogP contribution in [0.3, 0.4) is 0 Å². The van der Waals surface area contributed by atoms with Crippen molar-refractivity contribution in [1.29, 1.82) is 0 Å². The van der Waals surface area contributed by atoms with E-state index in [-0.39, 0.29) is 24.4 Å². The molecule has 0 aromatic rings. The van der Waals surface area contributed by atoms with E-state index in [1.807, 2.05) is 0 Å². The van der Waals surface area contributed by atoms with Gasteiger partial charge in [-0.1, -0.05) is 25.8 Å². The third-order valence-electron chi connectivity index (χ3n) is 4.15. The van der Waals surface area contributed by atoms with Crippen molar-refractivity contribution in [3.05, 3.63) is 12.8 Å². The highest BCUT2D eigenvalue weighted by atomic mass is 16.6. The molecule has 4 nitrogen and oxygen atoms in total. The average molecular weight is 254 g/mol. The van der Waals surface area contributed by atoms with E-state index in [2.05, 4.69) is 6.58 Å². The number of rotatable bonds is 4. The lowest BCUT2D eigenvalue weighted by atomic mass is 9.97. The lowest BCUT2D eigenvalue weighted by Gasteiger charge is -2.27. The van der Waals surface area contributed by atoms with E-state index in [0.717, 1.165) is 0 Å². The number of ether oxygens (including phenoxy) is 4. The Kier molecular flexibility index (Phi) is 3.87. The molecule has 4 heteroatoms. The SMILES string of the molecule is C=COC1COC2C(OC3CCCCC3)COC12. The fraction of sp³-hybridized carbons (Fsp3) is 0.857. The van der Waals surface area contributed by atoms with Crippen LogP contribution < -0.4 is 0 Å². The van der Waals surface area contributed by atoms with E-state index >= 15 is 0 Å². The zero-order valence-corrected chi connectivity index (χ0v) is 10.8. The van der Waals surface area contributed by atoms with Crippen molar-refractivity contribution in [2.45, 2.75) is 62.6 Å². The fourth-order valence-electron chi connectivity index (χ4n) is 3.23. The van der Waals surface area contributed by atoms with Crippen molar-refractivity contribution in [3.63, 3.8) is 0 Å². The summed E-state index contributed by atoms with van der Waals surface area (Å²) in [6.07, 6.45) is 8.26. The molecule has 0 radical (unpaired) electrons. The highest BCUT2D eigenvalue weighted by molar-refractivity contribution is 4.96. The van der Waals surface area contributed by atoms with Gasteiger partial charge in [0.2, 0.25) is 0 Å². The molecular formula is C14H22O4. The first kappa shape index (κ1) is 12.5. The van der Waals surface area contributed by atoms with Gasteiger partial charge in [0.05, 0.1) is 25.6 Å². The van der Waals surface area contributed by atoms with Crippen LogP contribution in [0.5, 0.6) is 0 Å². The van der Waals surface area contributed by atoms with Crippen LogP contribution >= 0.6 is 0 Å². The third-order valence-corrected chi connectivity index (χ3v) is 4.15. The average Bonchev–Trinajstić information content (AvgIpc) is 2.96. The summed E-state index contributed by atoms with van der Waals surface area (Å²) in [5, 5.41) is 0. The second kappa shape index (κ2) is 5.59. The largest absolute Gasteiger partial charge is 0.493 e. The molecule has 0 aromatic carbocycles. The Balaban J connectivity index is 1.54. The molecule has 3 rings (SSSR count). The van der Waals surface area contributed by atoms with E-state index in [1.54, 1.807) is 0 Å². The molecule has 4 unspecified atom stereocenters. The molecule has 4 atom stereocenters. The molecule has 2 saturated heterocycles. The molecule has 0 bridgehead atoms. The van der Waals surface area contributed by atoms with Crippen molar-refractivity contribution in [1.82, 2.24) is 0 Å². The van der Waals surface area contributed by atoms with Crippen LogP contribution in [0.2, 0.25) is 0 Å². The Morgan fingerprint density at radius 3 is 2.33 bits per heavy atom. The van der Waals surface area contributed by atoms with Gasteiger partial charge >= 0.3 is 0 Å². The number of hydrogen-bond donors (Lipinski definition) is 0. The highest BCUT2D eigenvalue weighted by Crippen LogP contribution is 2.33. The lowest BCUT2D eigenvalue weighted by Crippen LogP contribution is -2.36. The summed E-state index contributed by atoms with van der Waals surface area (Å²) in [7, 11) is 0. The predicted octanol–water partition coefficient (Wildman–Crippen LogP) is 2.03. The van der Waals surface area contributed by atoms with Gasteiger partial charge in [0.25, 0.3) is 0 Å². The quantitative estimate of drug-likeness (QED) is 0.719. The minimum Gasteiger partial charge on any atom is -0.493 e. The Bertz CT molecular complexity index is 288. The third kappa shape index (κ3) is 2.42. The first-order valence-electron chi connectivity index (χ1n) is 7.03. The van der Waals surface area contributed by atoms with Crippen LogP contribution in [-0.4, -0.2) is 43.7 Å². The molecule has 0 aromatic heterocycles. The summed E-state index contributed by atoms with van der Waals surface area (Å²) in [5.74, 6) is 0. The Labute approximate surface area is 108 Å². The molecule has 0 amide bonds. The van der Waals surface area contributed by atoms with Crippen LogP contribution in [0, 0.1) is 0 Å². The van der Waals surface area contributed by atoms with Gasteiger partial charge in [-0.3, -0.25) is 0 Å². The Morgan fingerprint density at radius 2 is 1.61 bits per heavy atom. The van der Waals surface area contributed by atoms with Gasteiger partial charge in [-0.25, -0.2) is 0 Å². The van der Waals surface area contributed by atoms with E-state index in [0.29, 0.717) is 19.3 Å². The van der Waals surface area contributed by atoms with Crippen LogP contribution in [0.25, 0.3) is 0 Å². The lowest BCUT2D eigenvalue weighted by molar-refractivity contribution is -0.0820. The van der Waals surface area contributed by atoms with E-state index < -0.39 is 0 Å². The molecule has 3 aliphatic rings. The highest BCUT2D eigenvalue weighted by Gasteiger charge is 2.49. The second-order valence-electron chi connectivity index (χ2n) is 5.37. The summed E-state index contributed by atoms with van der Waals surface area (Å²) < 4.78 is 23.1. The molecule has 18 heavy (non-hydrogen) atoms. The van der Waals surface area contributed by atoms with E-state index in [4.69, 9.17) is 18.9 Å². The van der Waals surface area contributed by atoms with Crippen LogP contribution in [0.15, 0.2) is 12.8 Å². The summed E-state index contributed by atoms with van der Waals surface area (Å²) in [6, 6.07) is 0. The van der Waals surface area contributed by atoms with Gasteiger partial charge in [-0.05, 0) is 12.8 Å². The Morgan fingerprint density at radius 1 is 0.944 bits per heavy atom. The first-order chi connectivity index (χ1) is 8.88. The molecule has 0 N–H and O–H groups in total. The topological polar surface area (TPSA) is 36.9 Å². The molecule has 3 fully saturated rings. The molecule has 1 saturated carbocycles. The molecule has 1 aliphatic carbocycles. The maximum Gasteiger partial charge on any atom is 0.150 e. The monoisotopic (exact) mass is 254 g/mol. The zero-order chi connectivity index (χ0) is 12.4. The van der Waals surface area contributed by atoms with Gasteiger partial charge < -0.3 is 18.9 Å². The van der Waals surface area contributed by atoms with Gasteiger partial charge in [-0.15, -0.1) is 0 Å². The van der Waals surface area contributed by atoms with Gasteiger partial charge in [0.1, 0.15) is 24.4 Å². The van der Waals surface area contributed by atoms with Crippen LogP contribution in [0.1, 0.15) is 32.1 Å². The number of fused-ring (bicyclic) bond motifs is 1. The predicted molar refractivity (Wildman–Crippen MR) is 66.3 cm³/mol. The molecule has 0 spiro atoms. The first-order valence-corrected chi connectivity index (χ1v) is 7.03. The van der Waals surface area contributed by atoms with Crippen molar-refractivity contribution in [2.75, 3.05) is 13.2 Å². The Hall–Kier alpha value is -0.580. The molecular weight excluding hydrogens is 232 g/mol. The molecule has 102 valence electrons. The van der Waals surface area contributed by atoms with Crippen LogP contribution in [0.4, 0.5) is 0 Å². The number of hydrogen-bond acceptors (Lipinski definition) is 4. The molecule has 2 heterocycles. The second-order valence-corrected chi connectivity index (χ2v) is 5.37. The van der Waals surface area contributed by atoms with Gasteiger partial charge in [0.15, 0.2) is 0 Å². The maximum absolute atomic E-state index is 6.16. The van der Waals surface area contributed by atoms with Crippen molar-refractivity contribution in [2.24, 2.45) is 0 Å². The smallest absolute Gasteiger partial charge is 0.150 e. The normalized spacial score (nSPS) is 40.7. The van der Waals surface area contributed by atoms with Crippen molar-refractivity contribution in [3.8, 4) is 0 Å². The standard InChI is InChI=1S/C14H22O4/c1-2-15-11-8-16-14-12(9-17-13(11)14)18-10-6-4-3-5-7-10/h2,10-14H,1,3-9H2. The van der Waals surface area contributed by atoms with E-state index in [9.17, 15) is 0 Å². The minimum absolute atomic E-state index is 0.0107. The maximum atomic E-state index is 6.16. The van der Waals surface area contributed by atoms with Gasteiger partial charge in [-0.2, -0.15) is 0 Å². The zero-order valence-electron chi connectivity index (χ0n) is 10.8. The summed E-state index contributed by atoms with van der Waals surface area (Å²) >= 11 is 0. The van der Waals surface area contributed by atoms with E-state index in [1.165, 1.54) is 38.4 Å².